The van der Waals surface area contributed by atoms with Gasteiger partial charge < -0.3 is 10.2 Å². The Hall–Kier alpha value is -3.27. The van der Waals surface area contributed by atoms with E-state index in [1.165, 1.54) is 35.2 Å². The SMILES string of the molecule is Cc1ccc(S(=O)(=O)N(CC(=O)N(Cc2c(Cl)cccc2Cl)[C@H](Cc2ccccc2)C(=O)NCC(C)C)c2ccc(Cl)c(Cl)c2)cc1. The van der Waals surface area contributed by atoms with Crippen LogP contribution in [0.2, 0.25) is 20.1 Å². The van der Waals surface area contributed by atoms with E-state index in [9.17, 15) is 18.0 Å². The number of benzene rings is 4. The maximum Gasteiger partial charge on any atom is 0.264 e. The molecule has 1 atom stereocenters. The number of hydrogen-bond acceptors (Lipinski definition) is 4. The molecule has 4 rings (SSSR count). The van der Waals surface area contributed by atoms with Gasteiger partial charge in [-0.3, -0.25) is 13.9 Å². The zero-order valence-corrected chi connectivity index (χ0v) is 29.9. The van der Waals surface area contributed by atoms with Crippen LogP contribution in [0.25, 0.3) is 0 Å². The molecule has 4 aromatic carbocycles. The molecule has 0 saturated carbocycles. The van der Waals surface area contributed by atoms with E-state index < -0.39 is 34.4 Å². The molecule has 0 saturated heterocycles. The van der Waals surface area contributed by atoms with Gasteiger partial charge in [-0.2, -0.15) is 0 Å². The fourth-order valence-electron chi connectivity index (χ4n) is 4.84. The van der Waals surface area contributed by atoms with E-state index in [-0.39, 0.29) is 39.5 Å². The van der Waals surface area contributed by atoms with Crippen LogP contribution in [-0.2, 0) is 32.6 Å². The number of amides is 2. The zero-order chi connectivity index (χ0) is 34.3. The van der Waals surface area contributed by atoms with Crippen LogP contribution in [0, 0.1) is 12.8 Å². The molecule has 4 aromatic rings. The number of nitrogens with zero attached hydrogens (tertiary/aromatic N) is 2. The molecule has 0 aliphatic carbocycles. The van der Waals surface area contributed by atoms with Crippen LogP contribution in [-0.4, -0.2) is 44.3 Å². The van der Waals surface area contributed by atoms with Gasteiger partial charge in [0.1, 0.15) is 12.6 Å². The summed E-state index contributed by atoms with van der Waals surface area (Å²) in [5.41, 5.74) is 2.20. The summed E-state index contributed by atoms with van der Waals surface area (Å²) in [7, 11) is -4.31. The number of sulfonamides is 1. The van der Waals surface area contributed by atoms with Crippen LogP contribution in [0.15, 0.2) is 95.9 Å². The van der Waals surface area contributed by atoms with Gasteiger partial charge in [0.15, 0.2) is 0 Å². The predicted octanol–water partition coefficient (Wildman–Crippen LogP) is 8.22. The fraction of sp³-hybridized carbons (Fsp3) is 0.257. The molecule has 0 aliphatic rings. The Kier molecular flexibility index (Phi) is 12.6. The van der Waals surface area contributed by atoms with Gasteiger partial charge in [-0.25, -0.2) is 8.42 Å². The molecule has 0 bridgehead atoms. The van der Waals surface area contributed by atoms with Gasteiger partial charge in [-0.05, 0) is 60.9 Å². The Balaban J connectivity index is 1.85. The Labute approximate surface area is 296 Å². The highest BCUT2D eigenvalue weighted by Crippen LogP contribution is 2.32. The second-order valence-electron chi connectivity index (χ2n) is 11.5. The lowest BCUT2D eigenvalue weighted by Gasteiger charge is -2.34. The van der Waals surface area contributed by atoms with Crippen LogP contribution >= 0.6 is 46.4 Å². The third-order valence-electron chi connectivity index (χ3n) is 7.42. The van der Waals surface area contributed by atoms with Crippen molar-refractivity contribution >= 4 is 73.9 Å². The standard InChI is InChI=1S/C35H35Cl4N3O4S/c1-23(2)20-40-35(44)33(18-25-8-5-4-6-9-25)41(21-28-29(36)10-7-11-30(28)37)34(43)22-42(26-14-17-31(38)32(39)19-26)47(45,46)27-15-12-24(3)13-16-27/h4-17,19,23,33H,18,20-22H2,1-3H3,(H,40,44)/t33-/m1/s1. The summed E-state index contributed by atoms with van der Waals surface area (Å²) >= 11 is 25.6. The minimum atomic E-state index is -4.31. The quantitative estimate of drug-likeness (QED) is 0.150. The first-order chi connectivity index (χ1) is 22.3. The number of carbonyl (C=O) groups excluding carboxylic acids is 2. The highest BCUT2D eigenvalue weighted by atomic mass is 35.5. The van der Waals surface area contributed by atoms with E-state index in [0.717, 1.165) is 15.4 Å². The Morgan fingerprint density at radius 2 is 1.43 bits per heavy atom. The molecule has 47 heavy (non-hydrogen) atoms. The Morgan fingerprint density at radius 1 is 0.787 bits per heavy atom. The average molecular weight is 736 g/mol. The maximum atomic E-state index is 14.6. The van der Waals surface area contributed by atoms with Crippen molar-refractivity contribution in [1.29, 1.82) is 0 Å². The van der Waals surface area contributed by atoms with Crippen molar-refractivity contribution in [1.82, 2.24) is 10.2 Å². The van der Waals surface area contributed by atoms with Crippen LogP contribution < -0.4 is 9.62 Å². The molecule has 0 unspecified atom stereocenters. The van der Waals surface area contributed by atoms with Crippen molar-refractivity contribution in [2.45, 2.75) is 44.7 Å². The van der Waals surface area contributed by atoms with E-state index in [2.05, 4.69) is 5.32 Å². The summed E-state index contributed by atoms with van der Waals surface area (Å²) < 4.78 is 29.4. The molecule has 0 spiro atoms. The number of halogens is 4. The number of nitrogens with one attached hydrogen (secondary N) is 1. The number of aryl methyl sites for hydroxylation is 1. The first kappa shape index (κ1) is 36.6. The zero-order valence-electron chi connectivity index (χ0n) is 26.1. The van der Waals surface area contributed by atoms with Crippen LogP contribution in [0.3, 0.4) is 0 Å². The van der Waals surface area contributed by atoms with Gasteiger partial charge in [-0.15, -0.1) is 0 Å². The Morgan fingerprint density at radius 3 is 2.02 bits per heavy atom. The largest absolute Gasteiger partial charge is 0.354 e. The van der Waals surface area contributed by atoms with Gasteiger partial charge in [0.2, 0.25) is 11.8 Å². The lowest BCUT2D eigenvalue weighted by atomic mass is 10.0. The van der Waals surface area contributed by atoms with Crippen LogP contribution in [0.4, 0.5) is 5.69 Å². The smallest absolute Gasteiger partial charge is 0.264 e. The highest BCUT2D eigenvalue weighted by Gasteiger charge is 2.35. The first-order valence-electron chi connectivity index (χ1n) is 14.9. The first-order valence-corrected chi connectivity index (χ1v) is 17.8. The van der Waals surface area contributed by atoms with Gasteiger partial charge in [-0.1, -0.05) is 114 Å². The predicted molar refractivity (Wildman–Crippen MR) is 191 cm³/mol. The van der Waals surface area contributed by atoms with Gasteiger partial charge in [0.05, 0.1) is 20.6 Å². The summed E-state index contributed by atoms with van der Waals surface area (Å²) in [6, 6.07) is 23.8. The summed E-state index contributed by atoms with van der Waals surface area (Å²) in [6.45, 7) is 5.30. The highest BCUT2D eigenvalue weighted by molar-refractivity contribution is 7.92. The van der Waals surface area contributed by atoms with Crippen LogP contribution in [0.1, 0.15) is 30.5 Å². The van der Waals surface area contributed by atoms with Crippen molar-refractivity contribution in [2.75, 3.05) is 17.4 Å². The molecular formula is C35H35Cl4N3O4S. The third-order valence-corrected chi connectivity index (χ3v) is 10.7. The van der Waals surface area contributed by atoms with Crippen molar-refractivity contribution < 1.29 is 18.0 Å². The van der Waals surface area contributed by atoms with Gasteiger partial charge in [0.25, 0.3) is 10.0 Å². The molecule has 0 aromatic heterocycles. The summed E-state index contributed by atoms with van der Waals surface area (Å²) in [5, 5.41) is 3.87. The molecular weight excluding hydrogens is 700 g/mol. The van der Waals surface area contributed by atoms with Gasteiger partial charge >= 0.3 is 0 Å². The van der Waals surface area contributed by atoms with E-state index >= 15 is 0 Å². The topological polar surface area (TPSA) is 86.8 Å². The lowest BCUT2D eigenvalue weighted by Crippen LogP contribution is -2.53. The molecule has 2 amide bonds. The molecule has 0 aliphatic heterocycles. The molecule has 0 heterocycles. The number of rotatable bonds is 13. The summed E-state index contributed by atoms with van der Waals surface area (Å²) in [6.07, 6.45) is 0.149. The lowest BCUT2D eigenvalue weighted by molar-refractivity contribution is -0.140. The monoisotopic (exact) mass is 733 g/mol. The third kappa shape index (κ3) is 9.42. The van der Waals surface area contributed by atoms with E-state index in [1.54, 1.807) is 30.3 Å². The normalized spacial score (nSPS) is 12.1. The molecule has 248 valence electrons. The molecule has 7 nitrogen and oxygen atoms in total. The second kappa shape index (κ2) is 16.2. The summed E-state index contributed by atoms with van der Waals surface area (Å²) in [4.78, 5) is 29.8. The molecule has 1 N–H and O–H groups in total. The van der Waals surface area contributed by atoms with Crippen molar-refractivity contribution in [3.63, 3.8) is 0 Å². The fourth-order valence-corrected chi connectivity index (χ4v) is 7.05. The van der Waals surface area contributed by atoms with Crippen molar-refractivity contribution in [2.24, 2.45) is 5.92 Å². The van der Waals surface area contributed by atoms with E-state index in [0.29, 0.717) is 22.2 Å². The van der Waals surface area contributed by atoms with Crippen molar-refractivity contribution in [3.8, 4) is 0 Å². The van der Waals surface area contributed by atoms with E-state index in [1.807, 2.05) is 51.1 Å². The average Bonchev–Trinajstić information content (AvgIpc) is 3.03. The number of hydrogen-bond donors (Lipinski definition) is 1. The maximum absolute atomic E-state index is 14.6. The number of carbonyl (C=O) groups is 2. The Bertz CT molecular complexity index is 1800. The summed E-state index contributed by atoms with van der Waals surface area (Å²) in [5.74, 6) is -0.923. The molecule has 0 radical (unpaired) electrons. The molecule has 0 fully saturated rings. The van der Waals surface area contributed by atoms with E-state index in [4.69, 9.17) is 46.4 Å². The van der Waals surface area contributed by atoms with Gasteiger partial charge in [0, 0.05) is 35.1 Å². The molecule has 12 heteroatoms. The minimum absolute atomic E-state index is 0.0295. The number of anilines is 1. The minimum Gasteiger partial charge on any atom is -0.354 e. The van der Waals surface area contributed by atoms with Crippen LogP contribution in [0.5, 0.6) is 0 Å². The second-order valence-corrected chi connectivity index (χ2v) is 15.0. The van der Waals surface area contributed by atoms with Crippen molar-refractivity contribution in [3.05, 3.63) is 128 Å².